The first-order valence-corrected chi connectivity index (χ1v) is 8.97. The van der Waals surface area contributed by atoms with Gasteiger partial charge in [-0.15, -0.1) is 11.3 Å². The lowest BCUT2D eigenvalue weighted by atomic mass is 9.93. The van der Waals surface area contributed by atoms with E-state index in [9.17, 15) is 0 Å². The fourth-order valence-corrected chi connectivity index (χ4v) is 4.06. The zero-order valence-corrected chi connectivity index (χ0v) is 14.1. The summed E-state index contributed by atoms with van der Waals surface area (Å²) in [5.74, 6) is 0.740. The second-order valence-electron chi connectivity index (χ2n) is 5.95. The third-order valence-corrected chi connectivity index (χ3v) is 5.69. The molecule has 4 atom stereocenters. The zero-order chi connectivity index (χ0) is 14.5. The van der Waals surface area contributed by atoms with Gasteiger partial charge in [-0.3, -0.25) is 4.90 Å². The van der Waals surface area contributed by atoms with Crippen molar-refractivity contribution in [1.82, 2.24) is 15.2 Å². The van der Waals surface area contributed by atoms with Gasteiger partial charge in [-0.1, -0.05) is 34.1 Å². The summed E-state index contributed by atoms with van der Waals surface area (Å²) in [6.45, 7) is 11.5. The van der Waals surface area contributed by atoms with Gasteiger partial charge in [0, 0.05) is 36.8 Å². The van der Waals surface area contributed by atoms with E-state index in [-0.39, 0.29) is 0 Å². The molecule has 1 aromatic rings. The molecule has 1 saturated heterocycles. The quantitative estimate of drug-likeness (QED) is 0.867. The number of nitrogens with one attached hydrogen (secondary N) is 1. The Morgan fingerprint density at radius 1 is 1.40 bits per heavy atom. The minimum absolute atomic E-state index is 0.494. The van der Waals surface area contributed by atoms with Gasteiger partial charge < -0.3 is 5.32 Å². The van der Waals surface area contributed by atoms with Crippen LogP contribution in [-0.2, 0) is 0 Å². The van der Waals surface area contributed by atoms with Crippen LogP contribution in [-0.4, -0.2) is 35.1 Å². The third kappa shape index (κ3) is 3.41. The van der Waals surface area contributed by atoms with E-state index >= 15 is 0 Å². The van der Waals surface area contributed by atoms with Crippen molar-refractivity contribution in [1.29, 1.82) is 0 Å². The van der Waals surface area contributed by atoms with Crippen LogP contribution >= 0.6 is 11.3 Å². The molecule has 0 amide bonds. The van der Waals surface area contributed by atoms with E-state index in [1.807, 2.05) is 6.20 Å². The van der Waals surface area contributed by atoms with Crippen LogP contribution in [0.1, 0.15) is 58.0 Å². The van der Waals surface area contributed by atoms with Crippen molar-refractivity contribution in [2.45, 2.75) is 65.1 Å². The van der Waals surface area contributed by atoms with Crippen LogP contribution in [0.3, 0.4) is 0 Å². The lowest BCUT2D eigenvalue weighted by molar-refractivity contribution is 0.0614. The maximum Gasteiger partial charge on any atom is 0.110 e. The third-order valence-electron chi connectivity index (χ3n) is 4.82. The number of piperazine rings is 1. The second kappa shape index (κ2) is 7.53. The molecule has 0 bridgehead atoms. The summed E-state index contributed by atoms with van der Waals surface area (Å²) in [4.78, 5) is 7.29. The Morgan fingerprint density at radius 2 is 2.20 bits per heavy atom. The first-order chi connectivity index (χ1) is 9.71. The fraction of sp³-hybridized carbons (Fsp3) is 0.812. The van der Waals surface area contributed by atoms with Crippen LogP contribution in [0.4, 0.5) is 0 Å². The number of rotatable bonds is 6. The molecule has 1 aliphatic heterocycles. The molecule has 2 heterocycles. The van der Waals surface area contributed by atoms with E-state index < -0.39 is 0 Å². The summed E-state index contributed by atoms with van der Waals surface area (Å²) in [6.07, 6.45) is 5.55. The summed E-state index contributed by atoms with van der Waals surface area (Å²) >= 11 is 1.80. The van der Waals surface area contributed by atoms with Crippen LogP contribution in [0, 0.1) is 5.92 Å². The topological polar surface area (TPSA) is 28.2 Å². The number of nitrogens with zero attached hydrogens (tertiary/aromatic N) is 2. The lowest BCUT2D eigenvalue weighted by Crippen LogP contribution is -2.58. The Morgan fingerprint density at radius 3 is 2.75 bits per heavy atom. The summed E-state index contributed by atoms with van der Waals surface area (Å²) in [7, 11) is 0. The van der Waals surface area contributed by atoms with Crippen LogP contribution < -0.4 is 5.32 Å². The largest absolute Gasteiger partial charge is 0.311 e. The molecule has 2 rings (SSSR count). The monoisotopic (exact) mass is 295 g/mol. The van der Waals surface area contributed by atoms with Gasteiger partial charge >= 0.3 is 0 Å². The second-order valence-corrected chi connectivity index (χ2v) is 6.88. The molecule has 20 heavy (non-hydrogen) atoms. The predicted octanol–water partition coefficient (Wildman–Crippen LogP) is 3.69. The number of hydrogen-bond acceptors (Lipinski definition) is 4. The van der Waals surface area contributed by atoms with Gasteiger partial charge in [-0.05, 0) is 18.8 Å². The summed E-state index contributed by atoms with van der Waals surface area (Å²) in [5.41, 5.74) is 0. The van der Waals surface area contributed by atoms with E-state index in [1.54, 1.807) is 11.3 Å². The van der Waals surface area contributed by atoms with Gasteiger partial charge in [0.05, 0.1) is 6.04 Å². The van der Waals surface area contributed by atoms with Crippen molar-refractivity contribution in [3.8, 4) is 0 Å². The molecule has 1 N–H and O–H groups in total. The Bertz CT molecular complexity index is 379. The van der Waals surface area contributed by atoms with E-state index in [0.29, 0.717) is 18.1 Å². The average Bonchev–Trinajstić information content (AvgIpc) is 3.01. The molecular formula is C16H29N3S. The highest BCUT2D eigenvalue weighted by atomic mass is 32.1. The normalized spacial score (nSPS) is 27.4. The van der Waals surface area contributed by atoms with E-state index in [0.717, 1.165) is 25.4 Å². The van der Waals surface area contributed by atoms with Crippen LogP contribution in [0.2, 0.25) is 0 Å². The van der Waals surface area contributed by atoms with Crippen molar-refractivity contribution < 1.29 is 0 Å². The van der Waals surface area contributed by atoms with Crippen LogP contribution in [0.15, 0.2) is 11.6 Å². The first-order valence-electron chi connectivity index (χ1n) is 8.09. The highest BCUT2D eigenvalue weighted by molar-refractivity contribution is 7.09. The lowest BCUT2D eigenvalue weighted by Gasteiger charge is -2.45. The van der Waals surface area contributed by atoms with Gasteiger partial charge in [-0.25, -0.2) is 4.98 Å². The summed E-state index contributed by atoms with van der Waals surface area (Å²) in [6, 6.07) is 1.76. The molecule has 4 unspecified atom stereocenters. The maximum absolute atomic E-state index is 4.58. The Kier molecular flexibility index (Phi) is 6.00. The van der Waals surface area contributed by atoms with Crippen molar-refractivity contribution in [3.05, 3.63) is 16.6 Å². The molecule has 4 heteroatoms. The molecule has 0 saturated carbocycles. The smallest absolute Gasteiger partial charge is 0.110 e. The maximum atomic E-state index is 4.58. The fourth-order valence-electron chi connectivity index (χ4n) is 3.22. The standard InChI is InChI=1S/C16H29N3S/c1-5-12(4)14-11-19(13(6-2)10-18-14)15(7-3)16-17-8-9-20-16/h8-9,12-15,18H,5-7,10-11H2,1-4H3. The van der Waals surface area contributed by atoms with Crippen molar-refractivity contribution in [2.24, 2.45) is 5.92 Å². The Balaban J connectivity index is 2.15. The predicted molar refractivity (Wildman–Crippen MR) is 87.2 cm³/mol. The van der Waals surface area contributed by atoms with Crippen LogP contribution in [0.5, 0.6) is 0 Å². The van der Waals surface area contributed by atoms with Crippen molar-refractivity contribution in [2.75, 3.05) is 13.1 Å². The zero-order valence-electron chi connectivity index (χ0n) is 13.3. The van der Waals surface area contributed by atoms with E-state index in [2.05, 4.69) is 48.3 Å². The summed E-state index contributed by atoms with van der Waals surface area (Å²) < 4.78 is 0. The van der Waals surface area contributed by atoms with Gasteiger partial charge in [0.2, 0.25) is 0 Å². The van der Waals surface area contributed by atoms with Crippen molar-refractivity contribution >= 4 is 11.3 Å². The molecule has 3 nitrogen and oxygen atoms in total. The molecule has 114 valence electrons. The number of hydrogen-bond donors (Lipinski definition) is 1. The molecular weight excluding hydrogens is 266 g/mol. The van der Waals surface area contributed by atoms with E-state index in [4.69, 9.17) is 0 Å². The Hall–Kier alpha value is -0.450. The molecule has 0 radical (unpaired) electrons. The average molecular weight is 295 g/mol. The number of aromatic nitrogens is 1. The number of thiazole rings is 1. The Labute approximate surface area is 127 Å². The first kappa shape index (κ1) is 15.9. The highest BCUT2D eigenvalue weighted by Crippen LogP contribution is 2.31. The van der Waals surface area contributed by atoms with Crippen molar-refractivity contribution in [3.63, 3.8) is 0 Å². The van der Waals surface area contributed by atoms with Gasteiger partial charge in [-0.2, -0.15) is 0 Å². The minimum atomic E-state index is 0.494. The molecule has 1 aliphatic rings. The molecule has 0 spiro atoms. The molecule has 1 aromatic heterocycles. The summed E-state index contributed by atoms with van der Waals surface area (Å²) in [5, 5.41) is 7.16. The van der Waals surface area contributed by atoms with Crippen LogP contribution in [0.25, 0.3) is 0 Å². The molecule has 0 aromatic carbocycles. The van der Waals surface area contributed by atoms with Gasteiger partial charge in [0.1, 0.15) is 5.01 Å². The van der Waals surface area contributed by atoms with Gasteiger partial charge in [0.25, 0.3) is 0 Å². The SMILES string of the molecule is CCC(C)C1CN(C(CC)c2nccs2)C(CC)CN1. The highest BCUT2D eigenvalue weighted by Gasteiger charge is 2.34. The molecule has 1 fully saturated rings. The van der Waals surface area contributed by atoms with Gasteiger partial charge in [0.15, 0.2) is 0 Å². The minimum Gasteiger partial charge on any atom is -0.311 e. The molecule has 0 aliphatic carbocycles. The van der Waals surface area contributed by atoms with E-state index in [1.165, 1.54) is 17.8 Å².